The predicted octanol–water partition coefficient (Wildman–Crippen LogP) is 2.69. The van der Waals surface area contributed by atoms with Gasteiger partial charge >= 0.3 is 0 Å². The van der Waals surface area contributed by atoms with Crippen LogP contribution in [0.2, 0.25) is 0 Å². The van der Waals surface area contributed by atoms with Crippen molar-refractivity contribution in [1.82, 2.24) is 4.90 Å². The molecule has 2 rings (SSSR count). The molecule has 0 saturated heterocycles. The van der Waals surface area contributed by atoms with Crippen LogP contribution in [0.3, 0.4) is 0 Å². The lowest BCUT2D eigenvalue weighted by Crippen LogP contribution is -2.45. The number of aryl methyl sites for hydroxylation is 1. The lowest BCUT2D eigenvalue weighted by atomic mass is 10.0. The summed E-state index contributed by atoms with van der Waals surface area (Å²) in [6.07, 6.45) is 4.87. The van der Waals surface area contributed by atoms with Crippen molar-refractivity contribution in [3.8, 4) is 0 Å². The number of rotatable bonds is 10. The van der Waals surface area contributed by atoms with Crippen molar-refractivity contribution < 1.29 is 4.74 Å². The number of nitrogens with zero attached hydrogens (tertiary/aromatic N) is 1. The van der Waals surface area contributed by atoms with Crippen molar-refractivity contribution >= 4 is 0 Å². The van der Waals surface area contributed by atoms with Gasteiger partial charge in [0.05, 0.1) is 6.61 Å². The van der Waals surface area contributed by atoms with Crippen LogP contribution < -0.4 is 5.73 Å². The van der Waals surface area contributed by atoms with E-state index in [1.807, 2.05) is 0 Å². The highest BCUT2D eigenvalue weighted by Crippen LogP contribution is 2.35. The molecule has 118 valence electrons. The fourth-order valence-electron chi connectivity index (χ4n) is 2.94. The van der Waals surface area contributed by atoms with Gasteiger partial charge < -0.3 is 10.5 Å². The summed E-state index contributed by atoms with van der Waals surface area (Å²) in [5, 5.41) is 0. The summed E-state index contributed by atoms with van der Waals surface area (Å²) < 4.78 is 5.25. The van der Waals surface area contributed by atoms with Crippen LogP contribution in [0.1, 0.15) is 31.7 Å². The Morgan fingerprint density at radius 3 is 2.62 bits per heavy atom. The largest absolute Gasteiger partial charge is 0.383 e. The van der Waals surface area contributed by atoms with Crippen molar-refractivity contribution in [1.29, 1.82) is 0 Å². The first-order valence-corrected chi connectivity index (χ1v) is 8.23. The van der Waals surface area contributed by atoms with E-state index in [-0.39, 0.29) is 6.04 Å². The number of nitrogens with two attached hydrogens (primary N) is 1. The molecule has 1 aliphatic carbocycles. The van der Waals surface area contributed by atoms with Gasteiger partial charge in [-0.25, -0.2) is 0 Å². The number of ether oxygens (including phenoxy) is 1. The fraction of sp³-hybridized carbons (Fsp3) is 0.667. The van der Waals surface area contributed by atoms with Gasteiger partial charge in [0.15, 0.2) is 0 Å². The molecule has 1 saturated carbocycles. The summed E-state index contributed by atoms with van der Waals surface area (Å²) in [4.78, 5) is 2.52. The summed E-state index contributed by atoms with van der Waals surface area (Å²) in [5.41, 5.74) is 7.75. The Morgan fingerprint density at radius 1 is 1.29 bits per heavy atom. The van der Waals surface area contributed by atoms with E-state index in [0.29, 0.717) is 6.04 Å². The van der Waals surface area contributed by atoms with Crippen molar-refractivity contribution in [2.75, 3.05) is 26.8 Å². The molecule has 1 aromatic rings. The minimum Gasteiger partial charge on any atom is -0.383 e. The van der Waals surface area contributed by atoms with Crippen molar-refractivity contribution in [3.05, 3.63) is 35.9 Å². The second kappa shape index (κ2) is 8.52. The Bertz CT molecular complexity index is 391. The Morgan fingerprint density at radius 2 is 2.00 bits per heavy atom. The SMILES string of the molecule is COCCN(CC(N)CCc1ccccc1)C(C)C1CC1. The maximum atomic E-state index is 6.37. The van der Waals surface area contributed by atoms with Gasteiger partial charge in [-0.2, -0.15) is 0 Å². The molecule has 0 aromatic heterocycles. The second-order valence-corrected chi connectivity index (χ2v) is 6.35. The highest BCUT2D eigenvalue weighted by atomic mass is 16.5. The molecule has 2 N–H and O–H groups in total. The van der Waals surface area contributed by atoms with Crippen LogP contribution in [-0.2, 0) is 11.2 Å². The van der Waals surface area contributed by atoms with Crippen LogP contribution in [0, 0.1) is 5.92 Å². The highest BCUT2D eigenvalue weighted by molar-refractivity contribution is 5.14. The molecule has 3 heteroatoms. The summed E-state index contributed by atoms with van der Waals surface area (Å²) >= 11 is 0. The van der Waals surface area contributed by atoms with Gasteiger partial charge in [-0.05, 0) is 44.1 Å². The van der Waals surface area contributed by atoms with E-state index >= 15 is 0 Å². The molecule has 21 heavy (non-hydrogen) atoms. The van der Waals surface area contributed by atoms with Crippen LogP contribution in [0.4, 0.5) is 0 Å². The molecule has 0 heterocycles. The zero-order valence-corrected chi connectivity index (χ0v) is 13.5. The molecule has 2 atom stereocenters. The van der Waals surface area contributed by atoms with Gasteiger partial charge in [0.1, 0.15) is 0 Å². The number of benzene rings is 1. The minimum atomic E-state index is 0.239. The Balaban J connectivity index is 1.77. The average molecular weight is 290 g/mol. The monoisotopic (exact) mass is 290 g/mol. The van der Waals surface area contributed by atoms with E-state index in [9.17, 15) is 0 Å². The molecule has 0 spiro atoms. The summed E-state index contributed by atoms with van der Waals surface area (Å²) in [6, 6.07) is 11.5. The minimum absolute atomic E-state index is 0.239. The van der Waals surface area contributed by atoms with Gasteiger partial charge in [0.25, 0.3) is 0 Å². The summed E-state index contributed by atoms with van der Waals surface area (Å²) in [7, 11) is 1.77. The molecule has 3 nitrogen and oxygen atoms in total. The average Bonchev–Trinajstić information content (AvgIpc) is 3.34. The fourth-order valence-corrected chi connectivity index (χ4v) is 2.94. The maximum Gasteiger partial charge on any atom is 0.0589 e. The van der Waals surface area contributed by atoms with Gasteiger partial charge in [0.2, 0.25) is 0 Å². The molecular weight excluding hydrogens is 260 g/mol. The van der Waals surface area contributed by atoms with Crippen LogP contribution >= 0.6 is 0 Å². The molecule has 0 radical (unpaired) electrons. The topological polar surface area (TPSA) is 38.5 Å². The van der Waals surface area contributed by atoms with Crippen molar-refractivity contribution in [2.24, 2.45) is 11.7 Å². The summed E-state index contributed by atoms with van der Waals surface area (Å²) in [6.45, 7) is 5.11. The van der Waals surface area contributed by atoms with Gasteiger partial charge in [-0.3, -0.25) is 4.90 Å². The van der Waals surface area contributed by atoms with Gasteiger partial charge in [-0.15, -0.1) is 0 Å². The van der Waals surface area contributed by atoms with Gasteiger partial charge in [0, 0.05) is 32.3 Å². The van der Waals surface area contributed by atoms with E-state index in [1.165, 1.54) is 18.4 Å². The Hall–Kier alpha value is -0.900. The first kappa shape index (κ1) is 16.5. The van der Waals surface area contributed by atoms with Crippen LogP contribution in [-0.4, -0.2) is 43.8 Å². The maximum absolute atomic E-state index is 6.37. The van der Waals surface area contributed by atoms with E-state index in [4.69, 9.17) is 10.5 Å². The van der Waals surface area contributed by atoms with Gasteiger partial charge in [-0.1, -0.05) is 30.3 Å². The van der Waals surface area contributed by atoms with E-state index in [2.05, 4.69) is 42.2 Å². The standard InChI is InChI=1S/C18H30N2O/c1-15(17-9-10-17)20(12-13-21-2)14-18(19)11-8-16-6-4-3-5-7-16/h3-7,15,17-18H,8-14,19H2,1-2H3. The summed E-state index contributed by atoms with van der Waals surface area (Å²) in [5.74, 6) is 0.878. The zero-order valence-electron chi connectivity index (χ0n) is 13.5. The number of hydrogen-bond donors (Lipinski definition) is 1. The van der Waals surface area contributed by atoms with Crippen LogP contribution in [0.5, 0.6) is 0 Å². The molecule has 1 aromatic carbocycles. The van der Waals surface area contributed by atoms with E-state index in [0.717, 1.165) is 38.5 Å². The first-order valence-electron chi connectivity index (χ1n) is 8.23. The van der Waals surface area contributed by atoms with E-state index < -0.39 is 0 Å². The number of methoxy groups -OCH3 is 1. The lowest BCUT2D eigenvalue weighted by Gasteiger charge is -2.31. The second-order valence-electron chi connectivity index (χ2n) is 6.35. The predicted molar refractivity (Wildman–Crippen MR) is 88.4 cm³/mol. The molecule has 0 amide bonds. The molecule has 0 bridgehead atoms. The molecule has 1 aliphatic rings. The van der Waals surface area contributed by atoms with E-state index in [1.54, 1.807) is 7.11 Å². The first-order chi connectivity index (χ1) is 10.2. The smallest absolute Gasteiger partial charge is 0.0589 e. The van der Waals surface area contributed by atoms with Crippen LogP contribution in [0.25, 0.3) is 0 Å². The Labute approximate surface area is 129 Å². The Kier molecular flexibility index (Phi) is 6.68. The highest BCUT2D eigenvalue weighted by Gasteiger charge is 2.32. The lowest BCUT2D eigenvalue weighted by molar-refractivity contribution is 0.111. The number of hydrogen-bond acceptors (Lipinski definition) is 3. The third kappa shape index (κ3) is 5.77. The zero-order chi connectivity index (χ0) is 15.1. The third-order valence-electron chi connectivity index (χ3n) is 4.58. The quantitative estimate of drug-likeness (QED) is 0.720. The molecule has 0 aliphatic heterocycles. The van der Waals surface area contributed by atoms with Crippen LogP contribution in [0.15, 0.2) is 30.3 Å². The molecule has 1 fully saturated rings. The van der Waals surface area contributed by atoms with Crippen molar-refractivity contribution in [2.45, 2.75) is 44.7 Å². The normalized spacial score (nSPS) is 17.9. The molecule has 2 unspecified atom stereocenters. The third-order valence-corrected chi connectivity index (χ3v) is 4.58. The molecular formula is C18H30N2O. The van der Waals surface area contributed by atoms with Crippen molar-refractivity contribution in [3.63, 3.8) is 0 Å².